The van der Waals surface area contributed by atoms with Crippen LogP contribution in [-0.2, 0) is 11.8 Å². The molecule has 2 aromatic carbocycles. The third kappa shape index (κ3) is 3.14. The molecule has 3 heteroatoms. The van der Waals surface area contributed by atoms with Crippen LogP contribution in [0.1, 0.15) is 18.1 Å². The van der Waals surface area contributed by atoms with E-state index in [4.69, 9.17) is 16.3 Å². The Kier molecular flexibility index (Phi) is 4.69. The van der Waals surface area contributed by atoms with Gasteiger partial charge in [0.15, 0.2) is 0 Å². The largest absolute Gasteiger partial charge is 0.496 e. The Morgan fingerprint density at radius 3 is 2.55 bits per heavy atom. The molecule has 0 aliphatic carbocycles. The third-order valence-corrected chi connectivity index (χ3v) is 3.82. The Morgan fingerprint density at radius 1 is 1.15 bits per heavy atom. The second-order valence-corrected chi connectivity index (χ2v) is 5.66. The second kappa shape index (κ2) is 6.29. The normalized spacial score (nSPS) is 13.8. The molecule has 0 aliphatic rings. The van der Waals surface area contributed by atoms with Crippen LogP contribution in [0, 0.1) is 0 Å². The topological polar surface area (TPSA) is 29.5 Å². The van der Waals surface area contributed by atoms with E-state index in [1.807, 2.05) is 55.5 Å². The molecule has 0 aliphatic heterocycles. The molecule has 0 saturated carbocycles. The molecule has 0 spiro atoms. The van der Waals surface area contributed by atoms with Crippen LogP contribution in [0.25, 0.3) is 0 Å². The van der Waals surface area contributed by atoms with Gasteiger partial charge >= 0.3 is 0 Å². The molecule has 0 saturated heterocycles. The van der Waals surface area contributed by atoms with Gasteiger partial charge in [-0.2, -0.15) is 0 Å². The van der Waals surface area contributed by atoms with E-state index in [0.29, 0.717) is 11.4 Å². The summed E-state index contributed by atoms with van der Waals surface area (Å²) in [6, 6.07) is 15.5. The van der Waals surface area contributed by atoms with Gasteiger partial charge in [0, 0.05) is 16.0 Å². The monoisotopic (exact) mass is 290 g/mol. The van der Waals surface area contributed by atoms with Crippen LogP contribution in [0.5, 0.6) is 5.75 Å². The van der Waals surface area contributed by atoms with Crippen molar-refractivity contribution in [1.82, 2.24) is 0 Å². The van der Waals surface area contributed by atoms with E-state index < -0.39 is 5.41 Å². The highest BCUT2D eigenvalue weighted by Gasteiger charge is 2.29. The highest BCUT2D eigenvalue weighted by atomic mass is 35.5. The summed E-state index contributed by atoms with van der Waals surface area (Å²) in [7, 11) is 1.65. The first-order valence-electron chi connectivity index (χ1n) is 6.58. The van der Waals surface area contributed by atoms with Gasteiger partial charge < -0.3 is 9.84 Å². The van der Waals surface area contributed by atoms with Gasteiger partial charge in [-0.25, -0.2) is 0 Å². The van der Waals surface area contributed by atoms with E-state index >= 15 is 0 Å². The first-order valence-corrected chi connectivity index (χ1v) is 6.95. The Hall–Kier alpha value is -1.51. The molecule has 2 aromatic rings. The molecule has 0 aromatic heterocycles. The van der Waals surface area contributed by atoms with Crippen molar-refractivity contribution in [2.45, 2.75) is 18.8 Å². The van der Waals surface area contributed by atoms with E-state index in [1.165, 1.54) is 0 Å². The zero-order valence-electron chi connectivity index (χ0n) is 11.8. The minimum Gasteiger partial charge on any atom is -0.496 e. The molecule has 0 heterocycles. The molecular weight excluding hydrogens is 272 g/mol. The number of aliphatic hydroxyl groups excluding tert-OH is 1. The van der Waals surface area contributed by atoms with Crippen LogP contribution in [0.4, 0.5) is 0 Å². The molecule has 0 radical (unpaired) electrons. The van der Waals surface area contributed by atoms with E-state index in [9.17, 15) is 5.11 Å². The summed E-state index contributed by atoms with van der Waals surface area (Å²) >= 11 is 6.03. The number of halogens is 1. The summed E-state index contributed by atoms with van der Waals surface area (Å²) in [5.74, 6) is 0.797. The fraction of sp³-hybridized carbons (Fsp3) is 0.294. The fourth-order valence-corrected chi connectivity index (χ4v) is 2.69. The van der Waals surface area contributed by atoms with Gasteiger partial charge in [0.05, 0.1) is 13.7 Å². The van der Waals surface area contributed by atoms with E-state index in [1.54, 1.807) is 7.11 Å². The van der Waals surface area contributed by atoms with Crippen LogP contribution in [-0.4, -0.2) is 18.8 Å². The maximum Gasteiger partial charge on any atom is 0.122 e. The Morgan fingerprint density at radius 2 is 1.90 bits per heavy atom. The van der Waals surface area contributed by atoms with Crippen molar-refractivity contribution >= 4 is 11.6 Å². The van der Waals surface area contributed by atoms with Gasteiger partial charge in [-0.1, -0.05) is 48.9 Å². The Balaban J connectivity index is 2.38. The molecule has 106 valence electrons. The molecule has 1 N–H and O–H groups in total. The highest BCUT2D eigenvalue weighted by Crippen LogP contribution is 2.34. The summed E-state index contributed by atoms with van der Waals surface area (Å²) in [6.07, 6.45) is 0.699. The number of rotatable bonds is 5. The first-order chi connectivity index (χ1) is 9.59. The van der Waals surface area contributed by atoms with Gasteiger partial charge in [-0.15, -0.1) is 0 Å². The summed E-state index contributed by atoms with van der Waals surface area (Å²) in [5, 5.41) is 10.6. The fourth-order valence-electron chi connectivity index (χ4n) is 2.48. The molecule has 0 fully saturated rings. The van der Waals surface area contributed by atoms with Gasteiger partial charge in [0.2, 0.25) is 0 Å². The lowest BCUT2D eigenvalue weighted by molar-refractivity contribution is 0.201. The predicted octanol–water partition coefficient (Wildman–Crippen LogP) is 3.84. The van der Waals surface area contributed by atoms with Crippen LogP contribution >= 0.6 is 11.6 Å². The summed E-state index contributed by atoms with van der Waals surface area (Å²) in [6.45, 7) is 2.08. The van der Waals surface area contributed by atoms with Crippen molar-refractivity contribution in [2.75, 3.05) is 13.7 Å². The second-order valence-electron chi connectivity index (χ2n) is 5.23. The average Bonchev–Trinajstić information content (AvgIpc) is 2.47. The number of para-hydroxylation sites is 1. The molecule has 1 atom stereocenters. The lowest BCUT2D eigenvalue weighted by Gasteiger charge is -2.29. The Bertz CT molecular complexity index is 583. The quantitative estimate of drug-likeness (QED) is 0.906. The number of hydrogen-bond donors (Lipinski definition) is 1. The molecule has 0 bridgehead atoms. The van der Waals surface area contributed by atoms with Gasteiger partial charge in [-0.3, -0.25) is 0 Å². The zero-order valence-corrected chi connectivity index (χ0v) is 12.5. The van der Waals surface area contributed by atoms with Crippen molar-refractivity contribution in [3.05, 3.63) is 64.7 Å². The number of benzene rings is 2. The van der Waals surface area contributed by atoms with Gasteiger partial charge in [0.1, 0.15) is 5.75 Å². The van der Waals surface area contributed by atoms with Crippen molar-refractivity contribution in [2.24, 2.45) is 0 Å². The number of ether oxygens (including phenoxy) is 1. The van der Waals surface area contributed by atoms with Crippen LogP contribution < -0.4 is 4.74 Å². The van der Waals surface area contributed by atoms with Crippen molar-refractivity contribution in [3.63, 3.8) is 0 Å². The third-order valence-electron chi connectivity index (χ3n) is 3.59. The molecule has 2 nitrogen and oxygen atoms in total. The lowest BCUT2D eigenvalue weighted by atomic mass is 9.77. The van der Waals surface area contributed by atoms with Crippen LogP contribution in [0.3, 0.4) is 0 Å². The smallest absolute Gasteiger partial charge is 0.122 e. The summed E-state index contributed by atoms with van der Waals surface area (Å²) < 4.78 is 5.42. The lowest BCUT2D eigenvalue weighted by Crippen LogP contribution is -2.30. The molecule has 0 amide bonds. The summed E-state index contributed by atoms with van der Waals surface area (Å²) in [4.78, 5) is 0. The van der Waals surface area contributed by atoms with Crippen molar-refractivity contribution in [1.29, 1.82) is 0 Å². The first kappa shape index (κ1) is 14.9. The van der Waals surface area contributed by atoms with Crippen LogP contribution in [0.15, 0.2) is 48.5 Å². The minimum absolute atomic E-state index is 0.0416. The highest BCUT2D eigenvalue weighted by molar-refractivity contribution is 6.30. The standard InChI is InChI=1S/C17H19ClO2/c1-17(12-19,11-13-6-5-7-14(18)10-13)15-8-3-4-9-16(15)20-2/h3-10,19H,11-12H2,1-2H3. The van der Waals surface area contributed by atoms with Crippen molar-refractivity contribution in [3.8, 4) is 5.75 Å². The van der Waals surface area contributed by atoms with Crippen molar-refractivity contribution < 1.29 is 9.84 Å². The maximum absolute atomic E-state index is 9.90. The van der Waals surface area contributed by atoms with E-state index in [-0.39, 0.29) is 6.61 Å². The number of aliphatic hydroxyl groups is 1. The van der Waals surface area contributed by atoms with E-state index in [0.717, 1.165) is 16.9 Å². The number of methoxy groups -OCH3 is 1. The zero-order chi connectivity index (χ0) is 14.6. The summed E-state index contributed by atoms with van der Waals surface area (Å²) in [5.41, 5.74) is 1.70. The number of hydrogen-bond acceptors (Lipinski definition) is 2. The van der Waals surface area contributed by atoms with Gasteiger partial charge in [0.25, 0.3) is 0 Å². The van der Waals surface area contributed by atoms with Gasteiger partial charge in [-0.05, 0) is 30.2 Å². The molecular formula is C17H19ClO2. The average molecular weight is 291 g/mol. The van der Waals surface area contributed by atoms with Crippen LogP contribution in [0.2, 0.25) is 5.02 Å². The predicted molar refractivity (Wildman–Crippen MR) is 82.6 cm³/mol. The maximum atomic E-state index is 9.90. The van der Waals surface area contributed by atoms with E-state index in [2.05, 4.69) is 0 Å². The molecule has 1 unspecified atom stereocenters. The Labute approximate surface area is 125 Å². The molecule has 2 rings (SSSR count). The molecule has 20 heavy (non-hydrogen) atoms. The SMILES string of the molecule is COc1ccccc1C(C)(CO)Cc1cccc(Cl)c1. The minimum atomic E-state index is -0.405.